The van der Waals surface area contributed by atoms with Gasteiger partial charge in [0.2, 0.25) is 0 Å². The first kappa shape index (κ1) is 14.1. The minimum atomic E-state index is 0.281. The zero-order valence-electron chi connectivity index (χ0n) is 12.5. The van der Waals surface area contributed by atoms with Crippen LogP contribution >= 0.6 is 0 Å². The molecule has 1 aromatic heterocycles. The molecule has 1 aliphatic heterocycles. The summed E-state index contributed by atoms with van der Waals surface area (Å²) in [6, 6.07) is 2.03. The van der Waals surface area contributed by atoms with Crippen LogP contribution in [0.1, 0.15) is 38.3 Å². The minimum absolute atomic E-state index is 0.281. The Balaban J connectivity index is 2.23. The Morgan fingerprint density at radius 3 is 2.63 bits per heavy atom. The van der Waals surface area contributed by atoms with Crippen LogP contribution in [-0.2, 0) is 6.54 Å². The van der Waals surface area contributed by atoms with Gasteiger partial charge in [0.15, 0.2) is 0 Å². The van der Waals surface area contributed by atoms with Crippen LogP contribution in [0.3, 0.4) is 0 Å². The molecule has 2 rings (SSSR count). The van der Waals surface area contributed by atoms with Gasteiger partial charge in [-0.25, -0.2) is 4.98 Å². The van der Waals surface area contributed by atoms with E-state index in [0.717, 1.165) is 25.3 Å². The molecule has 0 bridgehead atoms. The number of aromatic nitrogens is 1. The quantitative estimate of drug-likeness (QED) is 0.830. The fourth-order valence-electron chi connectivity index (χ4n) is 2.64. The van der Waals surface area contributed by atoms with E-state index in [0.29, 0.717) is 6.54 Å². The number of pyridine rings is 1. The molecule has 0 unspecified atom stereocenters. The predicted molar refractivity (Wildman–Crippen MR) is 81.2 cm³/mol. The summed E-state index contributed by atoms with van der Waals surface area (Å²) in [5.41, 5.74) is 10.1. The molecule has 104 valence electrons. The smallest absolute Gasteiger partial charge is 0.133 e. The second kappa shape index (κ2) is 5.33. The number of nitrogens with zero attached hydrogens (tertiary/aromatic N) is 2. The molecule has 2 heterocycles. The van der Waals surface area contributed by atoms with Crippen LogP contribution in [0, 0.1) is 12.3 Å². The van der Waals surface area contributed by atoms with Crippen LogP contribution in [0.15, 0.2) is 23.9 Å². The zero-order valence-corrected chi connectivity index (χ0v) is 12.5. The van der Waals surface area contributed by atoms with Crippen LogP contribution in [-0.4, -0.2) is 18.1 Å². The first-order valence-corrected chi connectivity index (χ1v) is 7.02. The van der Waals surface area contributed by atoms with Gasteiger partial charge in [-0.3, -0.25) is 0 Å². The Morgan fingerprint density at radius 1 is 1.37 bits per heavy atom. The van der Waals surface area contributed by atoms with Crippen LogP contribution in [0.2, 0.25) is 0 Å². The maximum atomic E-state index is 5.87. The van der Waals surface area contributed by atoms with Crippen molar-refractivity contribution in [3.63, 3.8) is 0 Å². The third kappa shape index (κ3) is 2.98. The van der Waals surface area contributed by atoms with Gasteiger partial charge in [0.05, 0.1) is 0 Å². The summed E-state index contributed by atoms with van der Waals surface area (Å²) >= 11 is 0. The average molecular weight is 259 g/mol. The second-order valence-electron chi connectivity index (χ2n) is 6.31. The maximum absolute atomic E-state index is 5.87. The Labute approximate surface area is 116 Å². The van der Waals surface area contributed by atoms with E-state index in [1.165, 1.54) is 11.1 Å². The lowest BCUT2D eigenvalue weighted by Crippen LogP contribution is -2.33. The fraction of sp³-hybridized carbons (Fsp3) is 0.562. The number of rotatable bonds is 2. The summed E-state index contributed by atoms with van der Waals surface area (Å²) in [7, 11) is 0. The molecule has 2 N–H and O–H groups in total. The molecule has 3 heteroatoms. The van der Waals surface area contributed by atoms with Crippen molar-refractivity contribution in [1.29, 1.82) is 0 Å². The van der Waals surface area contributed by atoms with Gasteiger partial charge in [-0.1, -0.05) is 32.4 Å². The molecule has 0 radical (unpaired) electrons. The van der Waals surface area contributed by atoms with E-state index < -0.39 is 0 Å². The highest BCUT2D eigenvalue weighted by atomic mass is 15.2. The third-order valence-corrected chi connectivity index (χ3v) is 3.94. The fourth-order valence-corrected chi connectivity index (χ4v) is 2.64. The number of hydrogen-bond donors (Lipinski definition) is 1. The summed E-state index contributed by atoms with van der Waals surface area (Å²) in [5, 5.41) is 0. The lowest BCUT2D eigenvalue weighted by atomic mass is 9.83. The Bertz CT molecular complexity index is 483. The monoisotopic (exact) mass is 259 g/mol. The van der Waals surface area contributed by atoms with Gasteiger partial charge in [0.25, 0.3) is 0 Å². The number of hydrogen-bond acceptors (Lipinski definition) is 3. The molecule has 1 aliphatic rings. The van der Waals surface area contributed by atoms with Crippen LogP contribution in [0.4, 0.5) is 5.82 Å². The molecule has 3 nitrogen and oxygen atoms in total. The first-order chi connectivity index (χ1) is 8.93. The molecule has 0 amide bonds. The Morgan fingerprint density at radius 2 is 2.11 bits per heavy atom. The summed E-state index contributed by atoms with van der Waals surface area (Å²) in [4.78, 5) is 6.88. The summed E-state index contributed by atoms with van der Waals surface area (Å²) in [6.07, 6.45) is 5.35. The van der Waals surface area contributed by atoms with Crippen molar-refractivity contribution in [2.24, 2.45) is 11.1 Å². The van der Waals surface area contributed by atoms with Crippen molar-refractivity contribution >= 4 is 5.82 Å². The highest BCUT2D eigenvalue weighted by Crippen LogP contribution is 2.32. The topological polar surface area (TPSA) is 42.2 Å². The summed E-state index contributed by atoms with van der Waals surface area (Å²) in [6.45, 7) is 11.5. The SMILES string of the molecule is Cc1ccnc(N2CC=C(C(C)(C)C)CC2)c1CN. The van der Waals surface area contributed by atoms with E-state index in [-0.39, 0.29) is 5.41 Å². The lowest BCUT2D eigenvalue weighted by Gasteiger charge is -2.33. The molecular formula is C16H25N3. The van der Waals surface area contributed by atoms with Crippen LogP contribution < -0.4 is 10.6 Å². The first-order valence-electron chi connectivity index (χ1n) is 7.02. The van der Waals surface area contributed by atoms with Gasteiger partial charge in [-0.2, -0.15) is 0 Å². The number of nitrogens with two attached hydrogens (primary N) is 1. The molecule has 0 fully saturated rings. The van der Waals surface area contributed by atoms with Gasteiger partial charge >= 0.3 is 0 Å². The van der Waals surface area contributed by atoms with Crippen molar-refractivity contribution in [2.75, 3.05) is 18.0 Å². The summed E-state index contributed by atoms with van der Waals surface area (Å²) < 4.78 is 0. The molecule has 0 saturated heterocycles. The second-order valence-corrected chi connectivity index (χ2v) is 6.31. The van der Waals surface area contributed by atoms with Crippen molar-refractivity contribution in [1.82, 2.24) is 4.98 Å². The predicted octanol–water partition coefficient (Wildman–Crippen LogP) is 3.03. The van der Waals surface area contributed by atoms with E-state index in [9.17, 15) is 0 Å². The zero-order chi connectivity index (χ0) is 14.0. The van der Waals surface area contributed by atoms with Crippen LogP contribution in [0.5, 0.6) is 0 Å². The highest BCUT2D eigenvalue weighted by molar-refractivity contribution is 5.51. The Kier molecular flexibility index (Phi) is 3.95. The Hall–Kier alpha value is -1.35. The molecule has 0 aliphatic carbocycles. The van der Waals surface area contributed by atoms with E-state index in [2.05, 4.69) is 43.7 Å². The average Bonchev–Trinajstić information content (AvgIpc) is 2.37. The highest BCUT2D eigenvalue weighted by Gasteiger charge is 2.23. The lowest BCUT2D eigenvalue weighted by molar-refractivity contribution is 0.472. The molecule has 19 heavy (non-hydrogen) atoms. The molecule has 0 spiro atoms. The van der Waals surface area contributed by atoms with Crippen molar-refractivity contribution in [3.05, 3.63) is 35.0 Å². The molecule has 0 saturated carbocycles. The largest absolute Gasteiger partial charge is 0.352 e. The maximum Gasteiger partial charge on any atom is 0.133 e. The molecular weight excluding hydrogens is 234 g/mol. The van der Waals surface area contributed by atoms with E-state index in [4.69, 9.17) is 5.73 Å². The van der Waals surface area contributed by atoms with E-state index >= 15 is 0 Å². The van der Waals surface area contributed by atoms with Gasteiger partial charge in [-0.05, 0) is 30.4 Å². The molecule has 0 atom stereocenters. The minimum Gasteiger partial charge on any atom is -0.352 e. The number of aryl methyl sites for hydroxylation is 1. The molecule has 1 aromatic rings. The summed E-state index contributed by atoms with van der Waals surface area (Å²) in [5.74, 6) is 1.06. The standard InChI is InChI=1S/C16H25N3/c1-12-5-8-18-15(14(12)11-17)19-9-6-13(7-10-19)16(2,3)4/h5-6,8H,7,9-11,17H2,1-4H3. The van der Waals surface area contributed by atoms with Gasteiger partial charge in [-0.15, -0.1) is 0 Å². The third-order valence-electron chi connectivity index (χ3n) is 3.94. The normalized spacial score (nSPS) is 16.5. The van der Waals surface area contributed by atoms with Gasteiger partial charge in [0, 0.05) is 31.4 Å². The molecule has 0 aromatic carbocycles. The van der Waals surface area contributed by atoms with Crippen molar-refractivity contribution in [2.45, 2.75) is 40.7 Å². The van der Waals surface area contributed by atoms with Gasteiger partial charge in [0.1, 0.15) is 5.82 Å². The van der Waals surface area contributed by atoms with Crippen molar-refractivity contribution < 1.29 is 0 Å². The van der Waals surface area contributed by atoms with Crippen molar-refractivity contribution in [3.8, 4) is 0 Å². The van der Waals surface area contributed by atoms with Gasteiger partial charge < -0.3 is 10.6 Å². The van der Waals surface area contributed by atoms with Crippen LogP contribution in [0.25, 0.3) is 0 Å². The van der Waals surface area contributed by atoms with E-state index in [1.807, 2.05) is 12.3 Å². The van der Waals surface area contributed by atoms with E-state index in [1.54, 1.807) is 5.57 Å². The number of anilines is 1.